The number of carbonyl (C=O) groups is 1. The van der Waals surface area contributed by atoms with E-state index in [9.17, 15) is 13.2 Å². The normalized spacial score (nSPS) is 20.2. The van der Waals surface area contributed by atoms with Crippen molar-refractivity contribution >= 4 is 21.6 Å². The van der Waals surface area contributed by atoms with Crippen molar-refractivity contribution in [1.29, 1.82) is 0 Å². The Morgan fingerprint density at radius 3 is 2.47 bits per heavy atom. The maximum Gasteiger partial charge on any atom is 0.261 e. The zero-order valence-electron chi connectivity index (χ0n) is 18.4. The summed E-state index contributed by atoms with van der Waals surface area (Å²) in [4.78, 5) is 16.9. The molecule has 1 amide bonds. The molecule has 1 aromatic carbocycles. The summed E-state index contributed by atoms with van der Waals surface area (Å²) in [6.45, 7) is 1.97. The molecule has 9 heteroatoms. The van der Waals surface area contributed by atoms with E-state index in [-0.39, 0.29) is 36.6 Å². The molecular formula is C23H30N2O6S. The molecule has 32 heavy (non-hydrogen) atoms. The van der Waals surface area contributed by atoms with Crippen molar-refractivity contribution in [3.63, 3.8) is 0 Å². The second-order valence-electron chi connectivity index (χ2n) is 8.33. The topological polar surface area (TPSA) is 89.3 Å². The zero-order valence-corrected chi connectivity index (χ0v) is 19.2. The predicted octanol–water partition coefficient (Wildman–Crippen LogP) is 2.87. The Bertz CT molecular complexity index is 1010. The lowest BCUT2D eigenvalue weighted by Gasteiger charge is -2.28. The van der Waals surface area contributed by atoms with Gasteiger partial charge in [-0.2, -0.15) is 0 Å². The number of sulfone groups is 1. The van der Waals surface area contributed by atoms with Crippen LogP contribution in [0.5, 0.6) is 11.5 Å². The number of amides is 1. The number of hydrogen-bond acceptors (Lipinski definition) is 7. The van der Waals surface area contributed by atoms with Crippen molar-refractivity contribution in [2.24, 2.45) is 0 Å². The molecule has 1 atom stereocenters. The van der Waals surface area contributed by atoms with Gasteiger partial charge in [0, 0.05) is 25.2 Å². The van der Waals surface area contributed by atoms with Crippen LogP contribution in [0.4, 0.5) is 5.88 Å². The summed E-state index contributed by atoms with van der Waals surface area (Å²) in [5, 5.41) is 0. The predicted molar refractivity (Wildman–Crippen MR) is 121 cm³/mol. The van der Waals surface area contributed by atoms with E-state index in [1.807, 2.05) is 12.1 Å². The lowest BCUT2D eigenvalue weighted by Crippen LogP contribution is -2.43. The molecule has 2 saturated heterocycles. The summed E-state index contributed by atoms with van der Waals surface area (Å²) in [5.74, 6) is 2.50. The molecule has 2 aromatic rings. The monoisotopic (exact) mass is 462 g/mol. The summed E-state index contributed by atoms with van der Waals surface area (Å²) < 4.78 is 40.9. The molecule has 174 valence electrons. The van der Waals surface area contributed by atoms with Gasteiger partial charge >= 0.3 is 0 Å². The van der Waals surface area contributed by atoms with Gasteiger partial charge in [0.1, 0.15) is 17.3 Å². The van der Waals surface area contributed by atoms with Crippen LogP contribution in [0.15, 0.2) is 40.8 Å². The van der Waals surface area contributed by atoms with E-state index in [0.29, 0.717) is 23.7 Å². The van der Waals surface area contributed by atoms with Crippen molar-refractivity contribution in [3.05, 3.63) is 42.2 Å². The number of anilines is 1. The third kappa shape index (κ3) is 5.56. The van der Waals surface area contributed by atoms with E-state index in [2.05, 4.69) is 4.90 Å². The summed E-state index contributed by atoms with van der Waals surface area (Å²) >= 11 is 0. The maximum atomic E-state index is 13.1. The SMILES string of the molecule is COc1ccc(OCC(=O)N(Cc2ccc(N3CCCCC3)o2)C2CCS(=O)(=O)C2)cc1. The molecule has 1 aromatic heterocycles. The Balaban J connectivity index is 1.44. The molecule has 2 aliphatic rings. The summed E-state index contributed by atoms with van der Waals surface area (Å²) in [5.41, 5.74) is 0. The smallest absolute Gasteiger partial charge is 0.261 e. The molecule has 0 spiro atoms. The van der Waals surface area contributed by atoms with Crippen molar-refractivity contribution in [1.82, 2.24) is 4.90 Å². The summed E-state index contributed by atoms with van der Waals surface area (Å²) in [7, 11) is -1.56. The first kappa shape index (κ1) is 22.5. The third-order valence-corrected chi connectivity index (χ3v) is 7.78. The molecule has 3 heterocycles. The maximum absolute atomic E-state index is 13.1. The van der Waals surface area contributed by atoms with Gasteiger partial charge in [-0.05, 0) is 56.0 Å². The number of ether oxygens (including phenoxy) is 2. The molecule has 0 bridgehead atoms. The van der Waals surface area contributed by atoms with E-state index in [0.717, 1.165) is 31.8 Å². The Hall–Kier alpha value is -2.68. The summed E-state index contributed by atoms with van der Waals surface area (Å²) in [6.07, 6.45) is 3.94. The fourth-order valence-electron chi connectivity index (χ4n) is 4.25. The highest BCUT2D eigenvalue weighted by Gasteiger charge is 2.35. The van der Waals surface area contributed by atoms with Crippen LogP contribution in [-0.4, -0.2) is 63.6 Å². The van der Waals surface area contributed by atoms with E-state index < -0.39 is 9.84 Å². The van der Waals surface area contributed by atoms with E-state index in [1.165, 1.54) is 6.42 Å². The average molecular weight is 463 g/mol. The molecule has 2 aliphatic heterocycles. The zero-order chi connectivity index (χ0) is 22.6. The van der Waals surface area contributed by atoms with Gasteiger partial charge in [0.15, 0.2) is 22.3 Å². The molecule has 1 unspecified atom stereocenters. The van der Waals surface area contributed by atoms with Crippen LogP contribution in [0.1, 0.15) is 31.4 Å². The Morgan fingerprint density at radius 1 is 1.09 bits per heavy atom. The van der Waals surface area contributed by atoms with Crippen LogP contribution < -0.4 is 14.4 Å². The van der Waals surface area contributed by atoms with Crippen LogP contribution in [0.25, 0.3) is 0 Å². The van der Waals surface area contributed by atoms with Crippen LogP contribution in [0.3, 0.4) is 0 Å². The molecular weight excluding hydrogens is 432 g/mol. The van der Waals surface area contributed by atoms with Crippen molar-refractivity contribution in [3.8, 4) is 11.5 Å². The lowest BCUT2D eigenvalue weighted by atomic mass is 10.1. The summed E-state index contributed by atoms with van der Waals surface area (Å²) in [6, 6.07) is 10.4. The average Bonchev–Trinajstić information content (AvgIpc) is 3.42. The minimum Gasteiger partial charge on any atom is -0.497 e. The highest BCUT2D eigenvalue weighted by atomic mass is 32.2. The van der Waals surface area contributed by atoms with Gasteiger partial charge in [0.2, 0.25) is 0 Å². The molecule has 0 N–H and O–H groups in total. The first-order valence-corrected chi connectivity index (χ1v) is 12.9. The molecule has 0 saturated carbocycles. The van der Waals surface area contributed by atoms with E-state index in [4.69, 9.17) is 13.9 Å². The number of benzene rings is 1. The van der Waals surface area contributed by atoms with Crippen LogP contribution >= 0.6 is 0 Å². The van der Waals surface area contributed by atoms with E-state index in [1.54, 1.807) is 36.3 Å². The highest BCUT2D eigenvalue weighted by Crippen LogP contribution is 2.26. The van der Waals surface area contributed by atoms with Gasteiger partial charge in [-0.3, -0.25) is 4.79 Å². The Morgan fingerprint density at radius 2 is 1.81 bits per heavy atom. The van der Waals surface area contributed by atoms with Gasteiger partial charge in [0.25, 0.3) is 5.91 Å². The van der Waals surface area contributed by atoms with Crippen LogP contribution in [-0.2, 0) is 21.2 Å². The molecule has 4 rings (SSSR count). The van der Waals surface area contributed by atoms with Gasteiger partial charge in [-0.15, -0.1) is 0 Å². The fraction of sp³-hybridized carbons (Fsp3) is 0.522. The van der Waals surface area contributed by atoms with Gasteiger partial charge in [0.05, 0.1) is 25.2 Å². The standard InChI is InChI=1S/C23H30N2O6S/c1-29-19-5-7-20(8-6-19)30-16-22(26)25(18-11-14-32(27,28)17-18)15-21-9-10-23(31-21)24-12-3-2-4-13-24/h5-10,18H,2-4,11-17H2,1H3. The number of carbonyl (C=O) groups excluding carboxylic acids is 1. The number of hydrogen-bond donors (Lipinski definition) is 0. The van der Waals surface area contributed by atoms with Crippen LogP contribution in [0.2, 0.25) is 0 Å². The van der Waals surface area contributed by atoms with Crippen molar-refractivity contribution in [2.75, 3.05) is 43.2 Å². The minimum atomic E-state index is -3.14. The molecule has 2 fully saturated rings. The van der Waals surface area contributed by atoms with Gasteiger partial charge in [-0.25, -0.2) is 8.42 Å². The number of nitrogens with zero attached hydrogens (tertiary/aromatic N) is 2. The first-order valence-electron chi connectivity index (χ1n) is 11.0. The molecule has 0 radical (unpaired) electrons. The quantitative estimate of drug-likeness (QED) is 0.596. The number of methoxy groups -OCH3 is 1. The number of furan rings is 1. The Labute approximate surface area is 189 Å². The van der Waals surface area contributed by atoms with Gasteiger partial charge in [-0.1, -0.05) is 0 Å². The molecule has 0 aliphatic carbocycles. The first-order chi connectivity index (χ1) is 15.4. The third-order valence-electron chi connectivity index (χ3n) is 6.03. The largest absolute Gasteiger partial charge is 0.497 e. The molecule has 8 nitrogen and oxygen atoms in total. The van der Waals surface area contributed by atoms with Crippen LogP contribution in [0, 0.1) is 0 Å². The van der Waals surface area contributed by atoms with E-state index >= 15 is 0 Å². The second kappa shape index (κ2) is 9.85. The minimum absolute atomic E-state index is 0.0268. The Kier molecular flexibility index (Phi) is 6.93. The van der Waals surface area contributed by atoms with Crippen molar-refractivity contribution in [2.45, 2.75) is 38.3 Å². The van der Waals surface area contributed by atoms with Crippen molar-refractivity contribution < 1.29 is 27.1 Å². The van der Waals surface area contributed by atoms with Gasteiger partial charge < -0.3 is 23.7 Å². The fourth-order valence-corrected chi connectivity index (χ4v) is 5.98. The number of piperidine rings is 1. The second-order valence-corrected chi connectivity index (χ2v) is 10.6. The number of rotatable bonds is 8. The highest BCUT2D eigenvalue weighted by molar-refractivity contribution is 7.91. The lowest BCUT2D eigenvalue weighted by molar-refractivity contribution is -0.136.